The molecule has 0 amide bonds. The highest BCUT2D eigenvalue weighted by molar-refractivity contribution is 5.47. The average molecular weight is 183 g/mol. The van der Waals surface area contributed by atoms with E-state index in [1.807, 2.05) is 13.0 Å². The molecule has 0 aliphatic heterocycles. The summed E-state index contributed by atoms with van der Waals surface area (Å²) in [4.78, 5) is 4.46. The third kappa shape index (κ3) is 2.11. The molecule has 1 rings (SSSR count). The fourth-order valence-electron chi connectivity index (χ4n) is 1.27. The van der Waals surface area contributed by atoms with E-state index in [1.54, 1.807) is 6.07 Å². The predicted molar refractivity (Wildman–Crippen MR) is 48.4 cm³/mol. The van der Waals surface area contributed by atoms with Gasteiger partial charge in [0, 0.05) is 0 Å². The molecular formula is C9H13NO3. The Kier molecular flexibility index (Phi) is 3.11. The van der Waals surface area contributed by atoms with E-state index in [-0.39, 0.29) is 12.4 Å². The number of aromatic hydroxyl groups is 1. The maximum absolute atomic E-state index is 9.48. The van der Waals surface area contributed by atoms with E-state index >= 15 is 0 Å². The van der Waals surface area contributed by atoms with Crippen molar-refractivity contribution < 1.29 is 14.7 Å². The molecular weight excluding hydrogens is 170 g/mol. The first-order valence-electron chi connectivity index (χ1n) is 3.87. The summed E-state index contributed by atoms with van der Waals surface area (Å²) in [6.45, 7) is 2.12. The van der Waals surface area contributed by atoms with Crippen molar-refractivity contribution in [1.29, 1.82) is 0 Å². The molecule has 1 aromatic rings. The lowest BCUT2D eigenvalue weighted by Gasteiger charge is -2.08. The van der Waals surface area contributed by atoms with Crippen molar-refractivity contribution in [3.8, 4) is 11.5 Å². The molecule has 0 heterocycles. The second-order valence-electron chi connectivity index (χ2n) is 2.78. The molecule has 0 unspecified atom stereocenters. The maximum Gasteiger partial charge on any atom is 0.163 e. The van der Waals surface area contributed by atoms with E-state index in [0.717, 1.165) is 11.1 Å². The van der Waals surface area contributed by atoms with Crippen LogP contribution in [0.2, 0.25) is 0 Å². The number of benzene rings is 1. The second kappa shape index (κ2) is 4.11. The molecule has 0 aliphatic carbocycles. The Morgan fingerprint density at radius 2 is 2.15 bits per heavy atom. The van der Waals surface area contributed by atoms with Gasteiger partial charge in [-0.05, 0) is 30.2 Å². The van der Waals surface area contributed by atoms with Crippen LogP contribution in [0.1, 0.15) is 11.1 Å². The van der Waals surface area contributed by atoms with Crippen LogP contribution in [0.5, 0.6) is 11.5 Å². The number of nitrogens with two attached hydrogens (primary N) is 1. The van der Waals surface area contributed by atoms with Crippen LogP contribution in [0.3, 0.4) is 0 Å². The van der Waals surface area contributed by atoms with Crippen LogP contribution in [-0.2, 0) is 11.4 Å². The van der Waals surface area contributed by atoms with E-state index in [9.17, 15) is 5.11 Å². The number of rotatable bonds is 3. The van der Waals surface area contributed by atoms with Crippen LogP contribution in [0.25, 0.3) is 0 Å². The molecule has 0 radical (unpaired) electrons. The number of hydrogen-bond acceptors (Lipinski definition) is 4. The predicted octanol–water partition coefficient (Wildman–Crippen LogP) is 1.10. The second-order valence-corrected chi connectivity index (χ2v) is 2.78. The molecule has 0 bridgehead atoms. The first-order chi connectivity index (χ1) is 6.19. The molecule has 0 spiro atoms. The van der Waals surface area contributed by atoms with Gasteiger partial charge in [0.2, 0.25) is 0 Å². The van der Waals surface area contributed by atoms with E-state index in [0.29, 0.717) is 5.75 Å². The molecule has 0 saturated heterocycles. The topological polar surface area (TPSA) is 64.7 Å². The fraction of sp³-hybridized carbons (Fsp3) is 0.333. The van der Waals surface area contributed by atoms with Crippen molar-refractivity contribution in [3.05, 3.63) is 23.3 Å². The van der Waals surface area contributed by atoms with Gasteiger partial charge in [0.15, 0.2) is 11.5 Å². The monoisotopic (exact) mass is 183 g/mol. The summed E-state index contributed by atoms with van der Waals surface area (Å²) in [5.74, 6) is 5.51. The quantitative estimate of drug-likeness (QED) is 0.689. The highest BCUT2D eigenvalue weighted by Crippen LogP contribution is 2.30. The van der Waals surface area contributed by atoms with Gasteiger partial charge in [-0.15, -0.1) is 0 Å². The Balaban J connectivity index is 3.05. The van der Waals surface area contributed by atoms with E-state index in [1.165, 1.54) is 7.11 Å². The first-order valence-corrected chi connectivity index (χ1v) is 3.87. The molecule has 13 heavy (non-hydrogen) atoms. The van der Waals surface area contributed by atoms with Gasteiger partial charge < -0.3 is 9.84 Å². The van der Waals surface area contributed by atoms with Crippen molar-refractivity contribution in [2.24, 2.45) is 5.90 Å². The number of phenols is 1. The fourth-order valence-corrected chi connectivity index (χ4v) is 1.27. The van der Waals surface area contributed by atoms with Gasteiger partial charge in [0.25, 0.3) is 0 Å². The molecule has 0 aromatic heterocycles. The lowest BCUT2D eigenvalue weighted by molar-refractivity contribution is 0.124. The summed E-state index contributed by atoms with van der Waals surface area (Å²) in [5, 5.41) is 9.48. The van der Waals surface area contributed by atoms with Crippen molar-refractivity contribution in [1.82, 2.24) is 0 Å². The number of methoxy groups -OCH3 is 1. The minimum atomic E-state index is 0.106. The molecule has 0 aliphatic rings. The molecule has 72 valence electrons. The molecule has 4 nitrogen and oxygen atoms in total. The first kappa shape index (κ1) is 9.83. The zero-order valence-corrected chi connectivity index (χ0v) is 7.70. The summed E-state index contributed by atoms with van der Waals surface area (Å²) in [6, 6.07) is 3.42. The minimum absolute atomic E-state index is 0.106. The summed E-state index contributed by atoms with van der Waals surface area (Å²) < 4.78 is 4.99. The van der Waals surface area contributed by atoms with Gasteiger partial charge in [0.1, 0.15) is 0 Å². The maximum atomic E-state index is 9.48. The smallest absolute Gasteiger partial charge is 0.163 e. The highest BCUT2D eigenvalue weighted by atomic mass is 16.6. The Labute approximate surface area is 76.8 Å². The van der Waals surface area contributed by atoms with E-state index < -0.39 is 0 Å². The largest absolute Gasteiger partial charge is 0.504 e. The molecule has 0 atom stereocenters. The Bertz CT molecular complexity index is 276. The van der Waals surface area contributed by atoms with Crippen LogP contribution in [0.4, 0.5) is 0 Å². The highest BCUT2D eigenvalue weighted by Gasteiger charge is 2.06. The molecule has 0 fully saturated rings. The van der Waals surface area contributed by atoms with Crippen molar-refractivity contribution in [3.63, 3.8) is 0 Å². The van der Waals surface area contributed by atoms with Crippen molar-refractivity contribution in [2.45, 2.75) is 13.5 Å². The van der Waals surface area contributed by atoms with Gasteiger partial charge in [-0.25, -0.2) is 5.90 Å². The third-order valence-electron chi connectivity index (χ3n) is 1.77. The number of phenolic OH excluding ortho intramolecular Hbond substituents is 1. The van der Waals surface area contributed by atoms with Gasteiger partial charge >= 0.3 is 0 Å². The number of aryl methyl sites for hydroxylation is 1. The molecule has 3 N–H and O–H groups in total. The van der Waals surface area contributed by atoms with Crippen molar-refractivity contribution >= 4 is 0 Å². The zero-order valence-electron chi connectivity index (χ0n) is 7.70. The normalized spacial score (nSPS) is 10.1. The molecule has 0 saturated carbocycles. The lowest BCUT2D eigenvalue weighted by Crippen LogP contribution is -1.99. The summed E-state index contributed by atoms with van der Waals surface area (Å²) in [5.41, 5.74) is 1.67. The van der Waals surface area contributed by atoms with Crippen LogP contribution in [0, 0.1) is 6.92 Å². The zero-order chi connectivity index (χ0) is 9.84. The van der Waals surface area contributed by atoms with Crippen LogP contribution in [0.15, 0.2) is 12.1 Å². The molecule has 4 heteroatoms. The van der Waals surface area contributed by atoms with Crippen molar-refractivity contribution in [2.75, 3.05) is 7.11 Å². The van der Waals surface area contributed by atoms with Gasteiger partial charge in [-0.2, -0.15) is 0 Å². The third-order valence-corrected chi connectivity index (χ3v) is 1.77. The van der Waals surface area contributed by atoms with E-state index in [4.69, 9.17) is 10.6 Å². The average Bonchev–Trinajstić information content (AvgIpc) is 2.04. The lowest BCUT2D eigenvalue weighted by atomic mass is 10.1. The summed E-state index contributed by atoms with van der Waals surface area (Å²) >= 11 is 0. The Hall–Kier alpha value is -1.26. The Morgan fingerprint density at radius 1 is 1.46 bits per heavy atom. The Morgan fingerprint density at radius 3 is 2.62 bits per heavy atom. The SMILES string of the molecule is COc1c(C)cc(CON)cc1O. The standard InChI is InChI=1S/C9H13NO3/c1-6-3-7(5-13-10)4-8(11)9(6)12-2/h3-4,11H,5,10H2,1-2H3. The van der Waals surface area contributed by atoms with E-state index in [2.05, 4.69) is 4.84 Å². The summed E-state index contributed by atoms with van der Waals surface area (Å²) in [7, 11) is 1.52. The van der Waals surface area contributed by atoms with Gasteiger partial charge in [-0.3, -0.25) is 4.84 Å². The number of ether oxygens (including phenoxy) is 1. The van der Waals surface area contributed by atoms with Gasteiger partial charge in [0.05, 0.1) is 13.7 Å². The van der Waals surface area contributed by atoms with Gasteiger partial charge in [-0.1, -0.05) is 0 Å². The van der Waals surface area contributed by atoms with Crippen LogP contribution in [-0.4, -0.2) is 12.2 Å². The molecule has 1 aromatic carbocycles. The van der Waals surface area contributed by atoms with Crippen LogP contribution >= 0.6 is 0 Å². The van der Waals surface area contributed by atoms with Crippen LogP contribution < -0.4 is 10.6 Å². The minimum Gasteiger partial charge on any atom is -0.504 e. The number of hydrogen-bond donors (Lipinski definition) is 2. The summed E-state index contributed by atoms with van der Waals surface area (Å²) in [6.07, 6.45) is 0.